The third-order valence-electron chi connectivity index (χ3n) is 6.21. The lowest BCUT2D eigenvalue weighted by atomic mass is 9.92. The van der Waals surface area contributed by atoms with Gasteiger partial charge in [-0.25, -0.2) is 9.18 Å². The van der Waals surface area contributed by atoms with Crippen LogP contribution in [-0.4, -0.2) is 86.8 Å². The van der Waals surface area contributed by atoms with E-state index in [1.54, 1.807) is 6.20 Å². The third kappa shape index (κ3) is 4.32. The van der Waals surface area contributed by atoms with Gasteiger partial charge in [0, 0.05) is 50.5 Å². The number of carboxylic acid groups (broad SMARTS) is 1. The number of anilines is 2. The molecule has 1 aromatic carbocycles. The maximum Gasteiger partial charge on any atom is 0.337 e. The first-order chi connectivity index (χ1) is 15.5. The Bertz CT molecular complexity index is 923. The van der Waals surface area contributed by atoms with E-state index in [0.717, 1.165) is 32.5 Å². The summed E-state index contributed by atoms with van der Waals surface area (Å²) in [6.07, 6.45) is 3.50. The number of fused-ring (bicyclic) bond motifs is 1. The summed E-state index contributed by atoms with van der Waals surface area (Å²) >= 11 is 0. The molecule has 3 aliphatic rings. The number of hydrogen-bond acceptors (Lipinski definition) is 7. The van der Waals surface area contributed by atoms with E-state index in [0.29, 0.717) is 54.6 Å². The Morgan fingerprint density at radius 3 is 2.53 bits per heavy atom. The molecule has 0 amide bonds. The summed E-state index contributed by atoms with van der Waals surface area (Å²) in [5.74, 6) is -1.09. The number of aliphatic hydroxyl groups excluding tert-OH is 1. The molecule has 2 N–H and O–H groups in total. The van der Waals surface area contributed by atoms with Gasteiger partial charge in [-0.2, -0.15) is 0 Å². The van der Waals surface area contributed by atoms with Gasteiger partial charge >= 0.3 is 5.97 Å². The normalized spacial score (nSPS) is 19.1. The number of aliphatic carboxylic acids is 1. The number of ether oxygens (including phenoxy) is 2. The molecule has 2 heterocycles. The summed E-state index contributed by atoms with van der Waals surface area (Å²) in [5, 5.41) is 18.4. The smallest absolute Gasteiger partial charge is 0.337 e. The third-order valence-corrected chi connectivity index (χ3v) is 6.21. The quantitative estimate of drug-likeness (QED) is 0.556. The molecule has 0 unspecified atom stereocenters. The van der Waals surface area contributed by atoms with Crippen molar-refractivity contribution in [2.75, 3.05) is 69.5 Å². The number of halogens is 1. The molecule has 32 heavy (non-hydrogen) atoms. The molecule has 0 atom stereocenters. The van der Waals surface area contributed by atoms with Crippen LogP contribution in [-0.2, 0) is 9.53 Å². The van der Waals surface area contributed by atoms with Crippen LogP contribution >= 0.6 is 0 Å². The zero-order chi connectivity index (χ0) is 22.8. The van der Waals surface area contributed by atoms with Gasteiger partial charge in [0.1, 0.15) is 5.69 Å². The fourth-order valence-electron chi connectivity index (χ4n) is 4.39. The summed E-state index contributed by atoms with van der Waals surface area (Å²) in [7, 11) is 1.53. The minimum absolute atomic E-state index is 0.0125. The van der Waals surface area contributed by atoms with E-state index >= 15 is 4.39 Å². The lowest BCUT2D eigenvalue weighted by molar-refractivity contribution is -0.132. The van der Waals surface area contributed by atoms with Gasteiger partial charge in [-0.3, -0.25) is 4.90 Å². The molecule has 9 heteroatoms. The Labute approximate surface area is 187 Å². The summed E-state index contributed by atoms with van der Waals surface area (Å²) in [6.45, 7) is 8.36. The van der Waals surface area contributed by atoms with Crippen LogP contribution in [0.5, 0.6) is 5.75 Å². The van der Waals surface area contributed by atoms with Gasteiger partial charge in [-0.05, 0) is 24.5 Å². The van der Waals surface area contributed by atoms with Gasteiger partial charge in [0.2, 0.25) is 0 Å². The summed E-state index contributed by atoms with van der Waals surface area (Å²) in [5.41, 5.74) is 1.94. The zero-order valence-electron chi connectivity index (χ0n) is 18.3. The molecule has 2 fully saturated rings. The molecule has 8 nitrogen and oxygen atoms in total. The molecule has 1 aliphatic carbocycles. The van der Waals surface area contributed by atoms with Crippen molar-refractivity contribution in [3.8, 4) is 5.75 Å². The minimum atomic E-state index is -1.08. The van der Waals surface area contributed by atoms with Crippen LogP contribution in [0.25, 0.3) is 5.57 Å². The van der Waals surface area contributed by atoms with Gasteiger partial charge in [-0.1, -0.05) is 6.58 Å². The predicted octanol–water partition coefficient (Wildman–Crippen LogP) is 1.93. The first kappa shape index (κ1) is 22.6. The molecule has 1 saturated heterocycles. The lowest BCUT2D eigenvalue weighted by Crippen LogP contribution is -2.47. The number of carboxylic acids is 1. The van der Waals surface area contributed by atoms with Crippen molar-refractivity contribution in [1.29, 1.82) is 0 Å². The van der Waals surface area contributed by atoms with Gasteiger partial charge in [0.15, 0.2) is 11.6 Å². The summed E-state index contributed by atoms with van der Waals surface area (Å²) < 4.78 is 26.5. The van der Waals surface area contributed by atoms with E-state index in [4.69, 9.17) is 14.6 Å². The second-order valence-corrected chi connectivity index (χ2v) is 8.27. The molecular formula is C23H30FN3O5. The average molecular weight is 448 g/mol. The Balaban J connectivity index is 1.61. The Hall–Kier alpha value is -2.62. The van der Waals surface area contributed by atoms with Gasteiger partial charge in [-0.15, -0.1) is 0 Å². The molecule has 174 valence electrons. The maximum atomic E-state index is 15.4. The Morgan fingerprint density at radius 1 is 1.22 bits per heavy atom. The number of benzene rings is 1. The minimum Gasteiger partial charge on any atom is -0.492 e. The zero-order valence-corrected chi connectivity index (χ0v) is 18.3. The second kappa shape index (κ2) is 9.48. The van der Waals surface area contributed by atoms with Crippen molar-refractivity contribution in [2.45, 2.75) is 18.9 Å². The highest BCUT2D eigenvalue weighted by Gasteiger charge is 2.39. The molecule has 1 aromatic rings. The molecular weight excluding hydrogens is 417 g/mol. The number of carbonyl (C=O) groups is 1. The van der Waals surface area contributed by atoms with E-state index in [-0.39, 0.29) is 18.2 Å². The van der Waals surface area contributed by atoms with Crippen molar-refractivity contribution in [2.24, 2.45) is 0 Å². The van der Waals surface area contributed by atoms with Crippen LogP contribution in [0.3, 0.4) is 0 Å². The largest absolute Gasteiger partial charge is 0.492 e. The molecule has 1 saturated carbocycles. The highest BCUT2D eigenvalue weighted by atomic mass is 19.1. The van der Waals surface area contributed by atoms with E-state index in [1.807, 2.05) is 9.80 Å². The molecule has 0 aromatic heterocycles. The lowest BCUT2D eigenvalue weighted by Gasteiger charge is -2.38. The summed E-state index contributed by atoms with van der Waals surface area (Å²) in [4.78, 5) is 17.9. The number of aliphatic hydroxyl groups is 1. The Morgan fingerprint density at radius 2 is 1.94 bits per heavy atom. The van der Waals surface area contributed by atoms with Crippen molar-refractivity contribution in [1.82, 2.24) is 4.90 Å². The molecule has 0 radical (unpaired) electrons. The van der Waals surface area contributed by atoms with Crippen LogP contribution in [0.4, 0.5) is 15.8 Å². The standard InChI is InChI=1S/C23H30FN3O5/c1-15-17-13-19(24)21(26-7-5-25(6-8-26)9-11-32-12-10-28)22(31-2)20(17)27(16-3-4-16)14-18(15)23(29)30/h13-14,16,28H,1,3-12H2,2H3,(H,29,30). The van der Waals surface area contributed by atoms with Crippen molar-refractivity contribution >= 4 is 22.9 Å². The number of piperazine rings is 1. The molecule has 0 bridgehead atoms. The first-order valence-electron chi connectivity index (χ1n) is 11.0. The van der Waals surface area contributed by atoms with Crippen molar-refractivity contribution in [3.05, 3.63) is 35.8 Å². The number of methoxy groups -OCH3 is 1. The predicted molar refractivity (Wildman–Crippen MR) is 120 cm³/mol. The fourth-order valence-corrected chi connectivity index (χ4v) is 4.39. The fraction of sp³-hybridized carbons (Fsp3) is 0.522. The summed E-state index contributed by atoms with van der Waals surface area (Å²) in [6, 6.07) is 1.58. The van der Waals surface area contributed by atoms with E-state index < -0.39 is 11.8 Å². The second-order valence-electron chi connectivity index (χ2n) is 8.27. The Kier molecular flexibility index (Phi) is 6.68. The monoisotopic (exact) mass is 447 g/mol. The van der Waals surface area contributed by atoms with Crippen LogP contribution in [0.15, 0.2) is 24.4 Å². The average Bonchev–Trinajstić information content (AvgIpc) is 3.62. The van der Waals surface area contributed by atoms with E-state index in [9.17, 15) is 9.90 Å². The van der Waals surface area contributed by atoms with E-state index in [2.05, 4.69) is 11.5 Å². The van der Waals surface area contributed by atoms with Crippen LogP contribution in [0.2, 0.25) is 0 Å². The highest BCUT2D eigenvalue weighted by Crippen LogP contribution is 2.51. The first-order valence-corrected chi connectivity index (χ1v) is 11.0. The van der Waals surface area contributed by atoms with Crippen LogP contribution in [0.1, 0.15) is 18.4 Å². The number of hydrogen-bond donors (Lipinski definition) is 2. The van der Waals surface area contributed by atoms with E-state index in [1.165, 1.54) is 13.2 Å². The maximum absolute atomic E-state index is 15.4. The van der Waals surface area contributed by atoms with Crippen LogP contribution in [0, 0.1) is 5.82 Å². The number of rotatable bonds is 9. The SMILES string of the molecule is C=C1C(C(=O)O)=CN(C2CC2)c2c1cc(F)c(N1CCN(CCOCCO)CC1)c2OC. The molecule has 4 rings (SSSR count). The van der Waals surface area contributed by atoms with Crippen LogP contribution < -0.4 is 14.5 Å². The number of nitrogens with zero attached hydrogens (tertiary/aromatic N) is 3. The molecule has 2 aliphatic heterocycles. The van der Waals surface area contributed by atoms with Crippen molar-refractivity contribution in [3.63, 3.8) is 0 Å². The molecule has 0 spiro atoms. The van der Waals surface area contributed by atoms with Gasteiger partial charge in [0.05, 0.1) is 38.2 Å². The topological polar surface area (TPSA) is 85.7 Å². The van der Waals surface area contributed by atoms with Gasteiger partial charge in [0.25, 0.3) is 0 Å². The van der Waals surface area contributed by atoms with Crippen molar-refractivity contribution < 1.29 is 28.9 Å². The van der Waals surface area contributed by atoms with Gasteiger partial charge < -0.3 is 29.5 Å². The highest BCUT2D eigenvalue weighted by molar-refractivity contribution is 6.09.